The van der Waals surface area contributed by atoms with E-state index in [-0.39, 0.29) is 18.7 Å². The fourth-order valence-corrected chi connectivity index (χ4v) is 2.40. The molecule has 1 heterocycles. The summed E-state index contributed by atoms with van der Waals surface area (Å²) in [5, 5.41) is 4.26. The molecule has 1 aromatic heterocycles. The summed E-state index contributed by atoms with van der Waals surface area (Å²) in [6, 6.07) is 19.7. The summed E-state index contributed by atoms with van der Waals surface area (Å²) >= 11 is 0. The second-order valence-electron chi connectivity index (χ2n) is 5.59. The molecular weight excluding hydrogens is 332 g/mol. The highest BCUT2D eigenvalue weighted by molar-refractivity contribution is 5.69. The maximum Gasteiger partial charge on any atom is 0.328 e. The van der Waals surface area contributed by atoms with E-state index in [1.807, 2.05) is 54.6 Å². The Balaban J connectivity index is 1.73. The van der Waals surface area contributed by atoms with E-state index >= 15 is 0 Å². The molecule has 6 heteroatoms. The van der Waals surface area contributed by atoms with Gasteiger partial charge in [-0.3, -0.25) is 9.59 Å². The van der Waals surface area contributed by atoms with Gasteiger partial charge in [0.05, 0.1) is 12.8 Å². The van der Waals surface area contributed by atoms with Gasteiger partial charge in [0.2, 0.25) is 0 Å². The van der Waals surface area contributed by atoms with Crippen molar-refractivity contribution in [3.05, 3.63) is 82.6 Å². The normalized spacial score (nSPS) is 10.3. The van der Waals surface area contributed by atoms with Crippen LogP contribution < -0.4 is 10.3 Å². The molecule has 132 valence electrons. The van der Waals surface area contributed by atoms with Crippen LogP contribution in [0.2, 0.25) is 0 Å². The van der Waals surface area contributed by atoms with Crippen LogP contribution >= 0.6 is 0 Å². The van der Waals surface area contributed by atoms with E-state index in [4.69, 9.17) is 9.47 Å². The molecule has 0 radical (unpaired) electrons. The van der Waals surface area contributed by atoms with Crippen LogP contribution in [0.4, 0.5) is 0 Å². The monoisotopic (exact) mass is 350 g/mol. The molecule has 3 aromatic rings. The molecule has 0 aliphatic carbocycles. The third kappa shape index (κ3) is 4.36. The number of nitrogens with zero attached hydrogens (tertiary/aromatic N) is 2. The zero-order chi connectivity index (χ0) is 18.4. The van der Waals surface area contributed by atoms with Gasteiger partial charge in [0.1, 0.15) is 18.9 Å². The summed E-state index contributed by atoms with van der Waals surface area (Å²) in [7, 11) is 1.58. The Morgan fingerprint density at radius 3 is 2.62 bits per heavy atom. The van der Waals surface area contributed by atoms with Crippen molar-refractivity contribution < 1.29 is 14.3 Å². The van der Waals surface area contributed by atoms with E-state index in [0.717, 1.165) is 15.8 Å². The Kier molecular flexibility index (Phi) is 5.43. The van der Waals surface area contributed by atoms with Gasteiger partial charge in [-0.2, -0.15) is 5.10 Å². The number of ether oxygens (including phenoxy) is 2. The first kappa shape index (κ1) is 17.4. The molecule has 0 aliphatic rings. The maximum atomic E-state index is 12.0. The number of aromatic nitrogens is 2. The Morgan fingerprint density at radius 2 is 1.85 bits per heavy atom. The zero-order valence-corrected chi connectivity index (χ0v) is 14.3. The predicted molar refractivity (Wildman–Crippen MR) is 96.7 cm³/mol. The molecule has 2 aromatic carbocycles. The van der Waals surface area contributed by atoms with E-state index in [1.54, 1.807) is 13.2 Å². The van der Waals surface area contributed by atoms with Gasteiger partial charge in [0, 0.05) is 11.6 Å². The summed E-state index contributed by atoms with van der Waals surface area (Å²) < 4.78 is 11.5. The van der Waals surface area contributed by atoms with Crippen molar-refractivity contribution in [1.29, 1.82) is 0 Å². The molecule has 0 spiro atoms. The van der Waals surface area contributed by atoms with Crippen LogP contribution in [0.1, 0.15) is 5.56 Å². The summed E-state index contributed by atoms with van der Waals surface area (Å²) in [6.45, 7) is -0.0898. The van der Waals surface area contributed by atoms with Gasteiger partial charge in [0.15, 0.2) is 0 Å². The molecule has 0 atom stereocenters. The van der Waals surface area contributed by atoms with Crippen molar-refractivity contribution in [3.8, 4) is 17.0 Å². The highest BCUT2D eigenvalue weighted by Crippen LogP contribution is 2.21. The molecule has 0 unspecified atom stereocenters. The van der Waals surface area contributed by atoms with Gasteiger partial charge in [-0.15, -0.1) is 0 Å². The van der Waals surface area contributed by atoms with Crippen molar-refractivity contribution >= 4 is 5.97 Å². The summed E-state index contributed by atoms with van der Waals surface area (Å²) in [5.74, 6) is 0.163. The zero-order valence-electron chi connectivity index (χ0n) is 14.3. The largest absolute Gasteiger partial charge is 0.497 e. The molecule has 6 nitrogen and oxygen atoms in total. The average molecular weight is 350 g/mol. The second kappa shape index (κ2) is 8.11. The van der Waals surface area contributed by atoms with E-state index in [2.05, 4.69) is 5.10 Å². The van der Waals surface area contributed by atoms with Crippen LogP contribution in [0.25, 0.3) is 11.3 Å². The Hall–Kier alpha value is -3.41. The lowest BCUT2D eigenvalue weighted by Gasteiger charge is -2.09. The van der Waals surface area contributed by atoms with Crippen molar-refractivity contribution in [2.24, 2.45) is 0 Å². The third-order valence-corrected chi connectivity index (χ3v) is 3.75. The van der Waals surface area contributed by atoms with Gasteiger partial charge in [-0.25, -0.2) is 4.68 Å². The van der Waals surface area contributed by atoms with E-state index < -0.39 is 5.97 Å². The van der Waals surface area contributed by atoms with Gasteiger partial charge < -0.3 is 9.47 Å². The molecule has 0 amide bonds. The van der Waals surface area contributed by atoms with Gasteiger partial charge in [0.25, 0.3) is 5.56 Å². The fourth-order valence-electron chi connectivity index (χ4n) is 2.40. The lowest BCUT2D eigenvalue weighted by atomic mass is 10.1. The number of hydrogen-bond acceptors (Lipinski definition) is 5. The molecule has 0 saturated carbocycles. The number of carbonyl (C=O) groups excluding carboxylic acids is 1. The lowest BCUT2D eigenvalue weighted by molar-refractivity contribution is -0.146. The van der Waals surface area contributed by atoms with Crippen molar-refractivity contribution in [3.63, 3.8) is 0 Å². The Labute approximate surface area is 150 Å². The topological polar surface area (TPSA) is 70.4 Å². The van der Waals surface area contributed by atoms with Crippen LogP contribution in [0.3, 0.4) is 0 Å². The average Bonchev–Trinajstić information content (AvgIpc) is 2.69. The van der Waals surface area contributed by atoms with E-state index in [1.165, 1.54) is 6.07 Å². The molecule has 0 aliphatic heterocycles. The highest BCUT2D eigenvalue weighted by Gasteiger charge is 2.10. The number of esters is 1. The Bertz CT molecular complexity index is 951. The SMILES string of the molecule is COc1cccc(-c2ccc(=O)n(CC(=O)OCc3ccccc3)n2)c1. The first-order valence-electron chi connectivity index (χ1n) is 8.08. The first-order chi connectivity index (χ1) is 12.7. The summed E-state index contributed by atoms with van der Waals surface area (Å²) in [6.07, 6.45) is 0. The van der Waals surface area contributed by atoms with E-state index in [0.29, 0.717) is 11.4 Å². The fraction of sp³-hybridized carbons (Fsp3) is 0.150. The summed E-state index contributed by atoms with van der Waals surface area (Å²) in [5.41, 5.74) is 1.87. The number of methoxy groups -OCH3 is 1. The predicted octanol–water partition coefficient (Wildman–Crippen LogP) is 2.66. The molecule has 0 saturated heterocycles. The number of carbonyl (C=O) groups is 1. The minimum atomic E-state index is -0.522. The van der Waals surface area contributed by atoms with Crippen LogP contribution in [-0.2, 0) is 22.7 Å². The summed E-state index contributed by atoms with van der Waals surface area (Å²) in [4.78, 5) is 24.0. The van der Waals surface area contributed by atoms with Crippen LogP contribution in [-0.4, -0.2) is 22.9 Å². The highest BCUT2D eigenvalue weighted by atomic mass is 16.5. The van der Waals surface area contributed by atoms with Crippen molar-refractivity contribution in [2.75, 3.05) is 7.11 Å². The quantitative estimate of drug-likeness (QED) is 0.639. The third-order valence-electron chi connectivity index (χ3n) is 3.75. The van der Waals surface area contributed by atoms with Gasteiger partial charge in [-0.1, -0.05) is 42.5 Å². The van der Waals surface area contributed by atoms with Crippen molar-refractivity contribution in [2.45, 2.75) is 13.2 Å². The molecule has 0 bridgehead atoms. The lowest BCUT2D eigenvalue weighted by Crippen LogP contribution is -2.27. The second-order valence-corrected chi connectivity index (χ2v) is 5.59. The van der Waals surface area contributed by atoms with Gasteiger partial charge in [-0.05, 0) is 23.8 Å². The minimum absolute atomic E-state index is 0.157. The smallest absolute Gasteiger partial charge is 0.328 e. The maximum absolute atomic E-state index is 12.0. The van der Waals surface area contributed by atoms with Crippen LogP contribution in [0.5, 0.6) is 5.75 Å². The minimum Gasteiger partial charge on any atom is -0.497 e. The molecule has 3 rings (SSSR count). The molecule has 26 heavy (non-hydrogen) atoms. The number of rotatable bonds is 6. The first-order valence-corrected chi connectivity index (χ1v) is 8.08. The van der Waals surface area contributed by atoms with Crippen molar-refractivity contribution in [1.82, 2.24) is 9.78 Å². The van der Waals surface area contributed by atoms with E-state index in [9.17, 15) is 9.59 Å². The standard InChI is InChI=1S/C20H18N2O4/c1-25-17-9-5-8-16(12-17)18-10-11-19(23)22(21-18)13-20(24)26-14-15-6-3-2-4-7-15/h2-12H,13-14H2,1H3. The molecular formula is C20H18N2O4. The molecule has 0 N–H and O–H groups in total. The Morgan fingerprint density at radius 1 is 1.04 bits per heavy atom. The van der Waals surface area contributed by atoms with Crippen LogP contribution in [0.15, 0.2) is 71.5 Å². The molecule has 0 fully saturated rings. The van der Waals surface area contributed by atoms with Gasteiger partial charge >= 0.3 is 5.97 Å². The number of benzene rings is 2. The number of hydrogen-bond donors (Lipinski definition) is 0. The van der Waals surface area contributed by atoms with Crippen LogP contribution in [0, 0.1) is 0 Å².